The quantitative estimate of drug-likeness (QED) is 0.608. The summed E-state index contributed by atoms with van der Waals surface area (Å²) in [6.07, 6.45) is -3.59. The fourth-order valence-corrected chi connectivity index (χ4v) is 0.351. The van der Waals surface area contributed by atoms with Gasteiger partial charge in [0.1, 0.15) is 5.70 Å². The largest absolute Gasteiger partial charge is 0.432 e. The molecule has 0 atom stereocenters. The summed E-state index contributed by atoms with van der Waals surface area (Å²) in [6.45, 7) is 0. The lowest BCUT2D eigenvalue weighted by Gasteiger charge is -2.10. The first-order valence-electron chi connectivity index (χ1n) is 2.55. The van der Waals surface area contributed by atoms with Gasteiger partial charge in [0.2, 0.25) is 0 Å². The van der Waals surface area contributed by atoms with Gasteiger partial charge < -0.3 is 10.6 Å². The van der Waals surface area contributed by atoms with Crippen LogP contribution in [-0.4, -0.2) is 25.2 Å². The van der Waals surface area contributed by atoms with Gasteiger partial charge >= 0.3 is 6.18 Å². The van der Waals surface area contributed by atoms with Crippen LogP contribution in [0, 0.1) is 0 Å². The molecule has 5 heteroatoms. The average molecular weight is 154 g/mol. The third-order valence-electron chi connectivity index (χ3n) is 0.725. The van der Waals surface area contributed by atoms with Crippen LogP contribution < -0.4 is 5.73 Å². The van der Waals surface area contributed by atoms with Crippen LogP contribution in [0.15, 0.2) is 11.9 Å². The fraction of sp³-hybridized carbons (Fsp3) is 0.600. The molecule has 0 spiro atoms. The van der Waals surface area contributed by atoms with Gasteiger partial charge in [0, 0.05) is 20.3 Å². The Morgan fingerprint density at radius 2 is 1.80 bits per heavy atom. The number of nitrogens with two attached hydrogens (primary N) is 1. The zero-order chi connectivity index (χ0) is 8.36. The van der Waals surface area contributed by atoms with Gasteiger partial charge in [-0.05, 0) is 0 Å². The van der Waals surface area contributed by atoms with Gasteiger partial charge in [0.25, 0.3) is 0 Å². The molecule has 0 saturated heterocycles. The van der Waals surface area contributed by atoms with E-state index in [4.69, 9.17) is 0 Å². The van der Waals surface area contributed by atoms with Crippen molar-refractivity contribution in [2.75, 3.05) is 14.1 Å². The van der Waals surface area contributed by atoms with Gasteiger partial charge in [-0.25, -0.2) is 0 Å². The molecule has 0 rings (SSSR count). The molecule has 0 saturated carbocycles. The molecule has 0 aromatic rings. The number of hydrogen-bond donors (Lipinski definition) is 1. The number of rotatable bonds is 1. The minimum Gasteiger partial charge on any atom is -0.394 e. The summed E-state index contributed by atoms with van der Waals surface area (Å²) in [7, 11) is 2.94. The molecule has 0 amide bonds. The summed E-state index contributed by atoms with van der Waals surface area (Å²) >= 11 is 0. The van der Waals surface area contributed by atoms with Crippen molar-refractivity contribution in [1.29, 1.82) is 0 Å². The van der Waals surface area contributed by atoms with E-state index in [-0.39, 0.29) is 0 Å². The van der Waals surface area contributed by atoms with Gasteiger partial charge in [-0.3, -0.25) is 0 Å². The summed E-state index contributed by atoms with van der Waals surface area (Å²) in [5, 5.41) is 0. The second-order valence-electron chi connectivity index (χ2n) is 2.05. The van der Waals surface area contributed by atoms with Crippen LogP contribution in [0.2, 0.25) is 0 Å². The van der Waals surface area contributed by atoms with Crippen LogP contribution in [0.5, 0.6) is 0 Å². The Morgan fingerprint density at radius 3 is 1.90 bits per heavy atom. The van der Waals surface area contributed by atoms with E-state index >= 15 is 0 Å². The maximum atomic E-state index is 11.6. The summed E-state index contributed by atoms with van der Waals surface area (Å²) in [4.78, 5) is 1.24. The fourth-order valence-electron chi connectivity index (χ4n) is 0.351. The first kappa shape index (κ1) is 9.13. The van der Waals surface area contributed by atoms with Crippen LogP contribution in [0.25, 0.3) is 0 Å². The molecule has 0 unspecified atom stereocenters. The van der Waals surface area contributed by atoms with E-state index in [0.29, 0.717) is 0 Å². The van der Waals surface area contributed by atoms with Crippen molar-refractivity contribution in [3.05, 3.63) is 11.9 Å². The van der Waals surface area contributed by atoms with E-state index in [1.807, 2.05) is 0 Å². The molecule has 10 heavy (non-hydrogen) atoms. The standard InChI is InChI=1S/C5H9F3N2/c1-10(2)3-4(9)5(6,7)8/h3H,9H2,1-2H3/b4-3-. The van der Waals surface area contributed by atoms with Crippen molar-refractivity contribution >= 4 is 0 Å². The van der Waals surface area contributed by atoms with E-state index in [1.165, 1.54) is 19.0 Å². The number of halogens is 3. The molecule has 2 nitrogen and oxygen atoms in total. The highest BCUT2D eigenvalue weighted by molar-refractivity contribution is 5.01. The van der Waals surface area contributed by atoms with Crippen molar-refractivity contribution in [3.8, 4) is 0 Å². The lowest BCUT2D eigenvalue weighted by molar-refractivity contribution is -0.0935. The minimum atomic E-state index is -4.41. The van der Waals surface area contributed by atoms with Crippen molar-refractivity contribution in [2.24, 2.45) is 5.73 Å². The monoisotopic (exact) mass is 154 g/mol. The van der Waals surface area contributed by atoms with Crippen LogP contribution >= 0.6 is 0 Å². The molecule has 0 aromatic heterocycles. The Balaban J connectivity index is 4.20. The van der Waals surface area contributed by atoms with Gasteiger partial charge in [-0.1, -0.05) is 0 Å². The second kappa shape index (κ2) is 2.81. The smallest absolute Gasteiger partial charge is 0.394 e. The van der Waals surface area contributed by atoms with Gasteiger partial charge in [-0.15, -0.1) is 0 Å². The highest BCUT2D eigenvalue weighted by Crippen LogP contribution is 2.20. The van der Waals surface area contributed by atoms with E-state index in [1.54, 1.807) is 0 Å². The van der Waals surface area contributed by atoms with E-state index in [0.717, 1.165) is 6.20 Å². The number of nitrogens with zero attached hydrogens (tertiary/aromatic N) is 1. The second-order valence-corrected chi connectivity index (χ2v) is 2.05. The van der Waals surface area contributed by atoms with Gasteiger partial charge in [-0.2, -0.15) is 13.2 Å². The lowest BCUT2D eigenvalue weighted by Crippen LogP contribution is -2.22. The Bertz CT molecular complexity index is 136. The molecule has 60 valence electrons. The van der Waals surface area contributed by atoms with Crippen LogP contribution in [0.4, 0.5) is 13.2 Å². The Kier molecular flexibility index (Phi) is 2.56. The average Bonchev–Trinajstić information content (AvgIpc) is 1.60. The minimum absolute atomic E-state index is 0.819. The Labute approximate surface area is 57.1 Å². The molecule has 0 aromatic carbocycles. The summed E-state index contributed by atoms with van der Waals surface area (Å²) < 4.78 is 34.8. The lowest BCUT2D eigenvalue weighted by atomic mass is 10.5. The third kappa shape index (κ3) is 3.21. The maximum absolute atomic E-state index is 11.6. The predicted octanol–water partition coefficient (Wildman–Crippen LogP) is 0.910. The highest BCUT2D eigenvalue weighted by atomic mass is 19.4. The first-order valence-corrected chi connectivity index (χ1v) is 2.55. The SMILES string of the molecule is CN(C)/C=C(\N)C(F)(F)F. The maximum Gasteiger partial charge on any atom is 0.432 e. The Morgan fingerprint density at radius 1 is 1.40 bits per heavy atom. The van der Waals surface area contributed by atoms with E-state index < -0.39 is 11.9 Å². The molecular weight excluding hydrogens is 145 g/mol. The molecular formula is C5H9F3N2. The normalized spacial score (nSPS) is 13.5. The van der Waals surface area contributed by atoms with Gasteiger partial charge in [0.15, 0.2) is 0 Å². The number of allylic oxidation sites excluding steroid dienone is 1. The van der Waals surface area contributed by atoms with Crippen molar-refractivity contribution in [2.45, 2.75) is 6.18 Å². The van der Waals surface area contributed by atoms with Crippen molar-refractivity contribution in [1.82, 2.24) is 4.90 Å². The highest BCUT2D eigenvalue weighted by Gasteiger charge is 2.31. The molecule has 0 aliphatic heterocycles. The molecule has 0 fully saturated rings. The molecule has 0 aliphatic carbocycles. The summed E-state index contributed by atoms with van der Waals surface area (Å²) in [5.74, 6) is 0. The van der Waals surface area contributed by atoms with Crippen LogP contribution in [-0.2, 0) is 0 Å². The molecule has 0 radical (unpaired) electrons. The summed E-state index contributed by atoms with van der Waals surface area (Å²) in [6, 6.07) is 0. The zero-order valence-corrected chi connectivity index (χ0v) is 5.74. The van der Waals surface area contributed by atoms with Crippen LogP contribution in [0.3, 0.4) is 0 Å². The van der Waals surface area contributed by atoms with E-state index in [9.17, 15) is 13.2 Å². The van der Waals surface area contributed by atoms with Crippen molar-refractivity contribution in [3.63, 3.8) is 0 Å². The van der Waals surface area contributed by atoms with Gasteiger partial charge in [0.05, 0.1) is 0 Å². The topological polar surface area (TPSA) is 29.3 Å². The summed E-state index contributed by atoms with van der Waals surface area (Å²) in [5.41, 5.74) is 3.56. The number of alkyl halides is 3. The van der Waals surface area contributed by atoms with E-state index in [2.05, 4.69) is 5.73 Å². The molecule has 0 heterocycles. The zero-order valence-electron chi connectivity index (χ0n) is 5.74. The number of hydrogen-bond acceptors (Lipinski definition) is 2. The third-order valence-corrected chi connectivity index (χ3v) is 0.725. The molecule has 0 aliphatic rings. The first-order chi connectivity index (χ1) is 4.34. The Hall–Kier alpha value is -0.870. The van der Waals surface area contributed by atoms with Crippen LogP contribution in [0.1, 0.15) is 0 Å². The predicted molar refractivity (Wildman–Crippen MR) is 32.0 cm³/mol. The molecule has 0 bridgehead atoms. The molecule has 2 N–H and O–H groups in total. The van der Waals surface area contributed by atoms with Crippen molar-refractivity contribution < 1.29 is 13.2 Å².